The van der Waals surface area contributed by atoms with E-state index >= 15 is 0 Å². The summed E-state index contributed by atoms with van der Waals surface area (Å²) in [6.07, 6.45) is 1.03. The smallest absolute Gasteiger partial charge is 0.230 e. The SMILES string of the molecule is CNC(C)c1cccc(SCC(=O)NCCC(C)C)c1. The Balaban J connectivity index is 2.39. The van der Waals surface area contributed by atoms with E-state index in [0.717, 1.165) is 17.9 Å². The molecule has 1 unspecified atom stereocenters. The summed E-state index contributed by atoms with van der Waals surface area (Å²) in [6, 6.07) is 8.68. The molecule has 1 aromatic rings. The molecule has 0 heterocycles. The van der Waals surface area contributed by atoms with Crippen molar-refractivity contribution < 1.29 is 4.79 Å². The van der Waals surface area contributed by atoms with Crippen molar-refractivity contribution in [1.82, 2.24) is 10.6 Å². The van der Waals surface area contributed by atoms with Crippen LogP contribution < -0.4 is 10.6 Å². The Morgan fingerprint density at radius 1 is 1.30 bits per heavy atom. The molecule has 0 aliphatic carbocycles. The third-order valence-electron chi connectivity index (χ3n) is 3.20. The van der Waals surface area contributed by atoms with Crippen LogP contribution in [0.1, 0.15) is 38.8 Å². The van der Waals surface area contributed by atoms with Crippen molar-refractivity contribution in [3.8, 4) is 0 Å². The lowest BCUT2D eigenvalue weighted by Gasteiger charge is -2.12. The number of hydrogen-bond donors (Lipinski definition) is 2. The van der Waals surface area contributed by atoms with Crippen LogP contribution in [0.25, 0.3) is 0 Å². The number of nitrogens with one attached hydrogen (secondary N) is 2. The molecule has 0 aromatic heterocycles. The number of thioether (sulfide) groups is 1. The maximum absolute atomic E-state index is 11.7. The van der Waals surface area contributed by atoms with Crippen molar-refractivity contribution in [3.05, 3.63) is 29.8 Å². The highest BCUT2D eigenvalue weighted by molar-refractivity contribution is 8.00. The van der Waals surface area contributed by atoms with Gasteiger partial charge in [-0.15, -0.1) is 11.8 Å². The fourth-order valence-electron chi connectivity index (χ4n) is 1.74. The average molecular weight is 294 g/mol. The molecule has 3 nitrogen and oxygen atoms in total. The molecule has 0 aliphatic heterocycles. The van der Waals surface area contributed by atoms with E-state index < -0.39 is 0 Å². The van der Waals surface area contributed by atoms with Gasteiger partial charge in [-0.05, 0) is 44.0 Å². The molecule has 1 amide bonds. The molecule has 0 radical (unpaired) electrons. The Kier molecular flexibility index (Phi) is 7.70. The Hall–Kier alpha value is -1.00. The van der Waals surface area contributed by atoms with E-state index in [0.29, 0.717) is 17.7 Å². The van der Waals surface area contributed by atoms with E-state index in [9.17, 15) is 4.79 Å². The normalized spacial score (nSPS) is 12.4. The lowest BCUT2D eigenvalue weighted by molar-refractivity contribution is -0.118. The first-order valence-corrected chi connectivity index (χ1v) is 8.18. The molecule has 112 valence electrons. The van der Waals surface area contributed by atoms with Gasteiger partial charge < -0.3 is 10.6 Å². The summed E-state index contributed by atoms with van der Waals surface area (Å²) in [5.74, 6) is 1.22. The number of amides is 1. The fourth-order valence-corrected chi connectivity index (χ4v) is 2.53. The average Bonchev–Trinajstić information content (AvgIpc) is 2.44. The second-order valence-electron chi connectivity index (χ2n) is 5.40. The van der Waals surface area contributed by atoms with E-state index in [-0.39, 0.29) is 5.91 Å². The van der Waals surface area contributed by atoms with Gasteiger partial charge >= 0.3 is 0 Å². The van der Waals surface area contributed by atoms with Crippen molar-refractivity contribution in [1.29, 1.82) is 0 Å². The van der Waals surface area contributed by atoms with Gasteiger partial charge in [-0.1, -0.05) is 26.0 Å². The first kappa shape index (κ1) is 17.1. The van der Waals surface area contributed by atoms with Crippen molar-refractivity contribution >= 4 is 17.7 Å². The standard InChI is InChI=1S/C16H26N2OS/c1-12(2)8-9-18-16(19)11-20-15-7-5-6-14(10-15)13(3)17-4/h5-7,10,12-13,17H,8-9,11H2,1-4H3,(H,18,19). The molecule has 0 spiro atoms. The minimum Gasteiger partial charge on any atom is -0.355 e. The van der Waals surface area contributed by atoms with Crippen LogP contribution in [0.15, 0.2) is 29.2 Å². The first-order chi connectivity index (χ1) is 9.52. The number of benzene rings is 1. The highest BCUT2D eigenvalue weighted by Gasteiger charge is 2.06. The molecule has 2 N–H and O–H groups in total. The predicted octanol–water partition coefficient (Wildman–Crippen LogP) is 3.22. The molecular formula is C16H26N2OS. The van der Waals surface area contributed by atoms with Gasteiger partial charge in [-0.3, -0.25) is 4.79 Å². The lowest BCUT2D eigenvalue weighted by atomic mass is 10.1. The Bertz CT molecular complexity index is 421. The van der Waals surface area contributed by atoms with Gasteiger partial charge in [0.25, 0.3) is 0 Å². The monoisotopic (exact) mass is 294 g/mol. The van der Waals surface area contributed by atoms with Gasteiger partial charge in [-0.25, -0.2) is 0 Å². The highest BCUT2D eigenvalue weighted by Crippen LogP contribution is 2.22. The molecule has 0 saturated heterocycles. The van der Waals surface area contributed by atoms with Crippen LogP contribution in [0.4, 0.5) is 0 Å². The van der Waals surface area contributed by atoms with Gasteiger partial charge in [-0.2, -0.15) is 0 Å². The molecule has 0 bridgehead atoms. The summed E-state index contributed by atoms with van der Waals surface area (Å²) in [6.45, 7) is 7.22. The van der Waals surface area contributed by atoms with Gasteiger partial charge in [0, 0.05) is 17.5 Å². The van der Waals surface area contributed by atoms with Crippen molar-refractivity contribution in [2.45, 2.75) is 38.1 Å². The zero-order chi connectivity index (χ0) is 15.0. The zero-order valence-corrected chi connectivity index (χ0v) is 13.7. The van der Waals surface area contributed by atoms with Crippen LogP contribution in [0, 0.1) is 5.92 Å². The molecule has 1 rings (SSSR count). The minimum atomic E-state index is 0.114. The van der Waals surface area contributed by atoms with Gasteiger partial charge in [0.2, 0.25) is 5.91 Å². The molecule has 4 heteroatoms. The highest BCUT2D eigenvalue weighted by atomic mass is 32.2. The molecule has 20 heavy (non-hydrogen) atoms. The second kappa shape index (κ2) is 9.03. The molecule has 0 aliphatic rings. The summed E-state index contributed by atoms with van der Waals surface area (Å²) in [5, 5.41) is 6.18. The molecule has 0 fully saturated rings. The van der Waals surface area contributed by atoms with Crippen LogP contribution in [0.2, 0.25) is 0 Å². The lowest BCUT2D eigenvalue weighted by Crippen LogP contribution is -2.26. The summed E-state index contributed by atoms with van der Waals surface area (Å²) in [7, 11) is 1.95. The maximum Gasteiger partial charge on any atom is 0.230 e. The summed E-state index contributed by atoms with van der Waals surface area (Å²) < 4.78 is 0. The quantitative estimate of drug-likeness (QED) is 0.723. The zero-order valence-electron chi connectivity index (χ0n) is 12.9. The van der Waals surface area contributed by atoms with E-state index in [1.165, 1.54) is 5.56 Å². The van der Waals surface area contributed by atoms with Gasteiger partial charge in [0.05, 0.1) is 5.75 Å². The van der Waals surface area contributed by atoms with E-state index in [1.807, 2.05) is 13.1 Å². The van der Waals surface area contributed by atoms with E-state index in [1.54, 1.807) is 11.8 Å². The van der Waals surface area contributed by atoms with Crippen molar-refractivity contribution in [3.63, 3.8) is 0 Å². The van der Waals surface area contributed by atoms with Gasteiger partial charge in [0.15, 0.2) is 0 Å². The van der Waals surface area contributed by atoms with Crippen LogP contribution in [0.3, 0.4) is 0 Å². The minimum absolute atomic E-state index is 0.114. The van der Waals surface area contributed by atoms with Crippen LogP contribution in [-0.2, 0) is 4.79 Å². The topological polar surface area (TPSA) is 41.1 Å². The summed E-state index contributed by atoms with van der Waals surface area (Å²) in [4.78, 5) is 12.9. The van der Waals surface area contributed by atoms with E-state index in [4.69, 9.17) is 0 Å². The van der Waals surface area contributed by atoms with E-state index in [2.05, 4.69) is 49.6 Å². The predicted molar refractivity (Wildman–Crippen MR) is 87.1 cm³/mol. The Morgan fingerprint density at radius 3 is 2.70 bits per heavy atom. The largest absolute Gasteiger partial charge is 0.355 e. The fraction of sp³-hybridized carbons (Fsp3) is 0.562. The number of hydrogen-bond acceptors (Lipinski definition) is 3. The van der Waals surface area contributed by atoms with Crippen LogP contribution >= 0.6 is 11.8 Å². The third kappa shape index (κ3) is 6.44. The summed E-state index contributed by atoms with van der Waals surface area (Å²) in [5.41, 5.74) is 1.25. The molecule has 1 aromatic carbocycles. The van der Waals surface area contributed by atoms with Crippen molar-refractivity contribution in [2.75, 3.05) is 19.3 Å². The first-order valence-electron chi connectivity index (χ1n) is 7.19. The van der Waals surface area contributed by atoms with Crippen molar-refractivity contribution in [2.24, 2.45) is 5.92 Å². The number of carbonyl (C=O) groups is 1. The molecule has 0 saturated carbocycles. The number of carbonyl (C=O) groups excluding carboxylic acids is 1. The second-order valence-corrected chi connectivity index (χ2v) is 6.45. The van der Waals surface area contributed by atoms with Crippen LogP contribution in [0.5, 0.6) is 0 Å². The maximum atomic E-state index is 11.7. The molecular weight excluding hydrogens is 268 g/mol. The Morgan fingerprint density at radius 2 is 2.05 bits per heavy atom. The summed E-state index contributed by atoms with van der Waals surface area (Å²) >= 11 is 1.59. The van der Waals surface area contributed by atoms with Crippen LogP contribution in [-0.4, -0.2) is 25.3 Å². The third-order valence-corrected chi connectivity index (χ3v) is 4.20. The molecule has 1 atom stereocenters. The van der Waals surface area contributed by atoms with Gasteiger partial charge in [0.1, 0.15) is 0 Å². The number of rotatable bonds is 8. The Labute approximate surface area is 126 Å².